The molecule has 0 unspecified atom stereocenters. The van der Waals surface area contributed by atoms with Crippen LogP contribution in [0, 0.1) is 0 Å². The van der Waals surface area contributed by atoms with E-state index >= 15 is 0 Å². The van der Waals surface area contributed by atoms with Crippen LogP contribution >= 0.6 is 0 Å². The van der Waals surface area contributed by atoms with Gasteiger partial charge in [0.15, 0.2) is 12.6 Å². The summed E-state index contributed by atoms with van der Waals surface area (Å²) >= 11 is 0. The van der Waals surface area contributed by atoms with E-state index in [1.54, 1.807) is 6.08 Å². The van der Waals surface area contributed by atoms with Crippen molar-refractivity contribution in [3.05, 3.63) is 114 Å². The zero-order valence-electron chi connectivity index (χ0n) is 19.2. The molecule has 35 heavy (non-hydrogen) atoms. The molecule has 6 rings (SSSR count). The van der Waals surface area contributed by atoms with Crippen LogP contribution in [0.3, 0.4) is 0 Å². The van der Waals surface area contributed by atoms with Gasteiger partial charge in [-0.2, -0.15) is 0 Å². The number of carbonyl (C=O) groups is 1. The molecular weight excluding hydrogens is 442 g/mol. The van der Waals surface area contributed by atoms with Gasteiger partial charge in [0.1, 0.15) is 12.2 Å². The third-order valence-corrected chi connectivity index (χ3v) is 6.81. The molecule has 0 N–H and O–H groups in total. The first-order valence-corrected chi connectivity index (χ1v) is 12.0. The van der Waals surface area contributed by atoms with Crippen LogP contribution < -0.4 is 0 Å². The molecule has 3 heterocycles. The Labute approximate surface area is 204 Å². The van der Waals surface area contributed by atoms with Crippen LogP contribution in [0.1, 0.15) is 29.3 Å². The minimum absolute atomic E-state index is 0.105. The predicted octanol–water partition coefficient (Wildman–Crippen LogP) is 4.51. The largest absolute Gasteiger partial charge is 0.346 e. The fraction of sp³-hybridized carbons (Fsp3) is 0.276. The van der Waals surface area contributed by atoms with E-state index in [2.05, 4.69) is 0 Å². The number of hydrogen-bond acceptors (Lipinski definition) is 5. The maximum absolute atomic E-state index is 13.4. The molecule has 3 aliphatic heterocycles. The lowest BCUT2D eigenvalue weighted by Gasteiger charge is -2.37. The first-order chi connectivity index (χ1) is 17.3. The number of hydrogen-bond donors (Lipinski definition) is 0. The highest BCUT2D eigenvalue weighted by atomic mass is 16.7. The van der Waals surface area contributed by atoms with Crippen LogP contribution in [0.4, 0.5) is 0 Å². The van der Waals surface area contributed by atoms with Gasteiger partial charge in [-0.1, -0.05) is 91.0 Å². The SMILES string of the molecule is O=C(/C=C/c1ccccc1)N1[C@H]2CO[C@@H](c3ccccc3)O[C@H]2[C@@H]2O[C@H](c3ccccc3)OC[C@@H]21. The molecule has 178 valence electrons. The lowest BCUT2D eigenvalue weighted by Crippen LogP contribution is -2.49. The van der Waals surface area contributed by atoms with E-state index in [0.29, 0.717) is 13.2 Å². The van der Waals surface area contributed by atoms with E-state index in [4.69, 9.17) is 18.9 Å². The summed E-state index contributed by atoms with van der Waals surface area (Å²) in [4.78, 5) is 15.3. The van der Waals surface area contributed by atoms with E-state index in [9.17, 15) is 4.79 Å². The molecule has 0 saturated carbocycles. The second kappa shape index (κ2) is 9.76. The summed E-state index contributed by atoms with van der Waals surface area (Å²) in [6, 6.07) is 29.0. The third kappa shape index (κ3) is 4.42. The average Bonchev–Trinajstić information content (AvgIpc) is 3.26. The Hall–Kier alpha value is -3.29. The van der Waals surface area contributed by atoms with Crippen LogP contribution in [-0.4, -0.2) is 48.3 Å². The minimum atomic E-state index is -0.505. The van der Waals surface area contributed by atoms with Crippen molar-refractivity contribution in [3.8, 4) is 0 Å². The Bertz CT molecular complexity index is 1110. The average molecular weight is 470 g/mol. The molecule has 1 amide bonds. The van der Waals surface area contributed by atoms with Crippen molar-refractivity contribution >= 4 is 12.0 Å². The van der Waals surface area contributed by atoms with E-state index in [-0.39, 0.29) is 30.2 Å². The van der Waals surface area contributed by atoms with E-state index in [0.717, 1.165) is 16.7 Å². The van der Waals surface area contributed by atoms with Crippen molar-refractivity contribution in [2.24, 2.45) is 0 Å². The molecule has 3 aliphatic rings. The first-order valence-electron chi connectivity index (χ1n) is 12.0. The molecule has 0 bridgehead atoms. The van der Waals surface area contributed by atoms with Crippen molar-refractivity contribution in [1.29, 1.82) is 0 Å². The molecule has 6 heteroatoms. The number of rotatable bonds is 4. The molecule has 0 spiro atoms. The maximum atomic E-state index is 13.4. The Morgan fingerprint density at radius 2 is 1.14 bits per heavy atom. The van der Waals surface area contributed by atoms with Crippen molar-refractivity contribution in [2.45, 2.75) is 36.9 Å². The molecular formula is C29H27NO5. The summed E-state index contributed by atoms with van der Waals surface area (Å²) in [5.41, 5.74) is 2.86. The zero-order chi connectivity index (χ0) is 23.6. The highest BCUT2D eigenvalue weighted by Gasteiger charge is 2.57. The fourth-order valence-electron chi connectivity index (χ4n) is 5.14. The second-order valence-corrected chi connectivity index (χ2v) is 8.98. The van der Waals surface area contributed by atoms with E-state index in [1.807, 2.05) is 102 Å². The number of fused-ring (bicyclic) bond motifs is 3. The number of likely N-dealkylation sites (tertiary alicyclic amines) is 1. The number of benzene rings is 3. The van der Waals surface area contributed by atoms with Crippen LogP contribution in [0.2, 0.25) is 0 Å². The van der Waals surface area contributed by atoms with Gasteiger partial charge in [0.2, 0.25) is 5.91 Å². The van der Waals surface area contributed by atoms with Gasteiger partial charge in [-0.15, -0.1) is 0 Å². The smallest absolute Gasteiger partial charge is 0.247 e. The van der Waals surface area contributed by atoms with Crippen molar-refractivity contribution in [2.75, 3.05) is 13.2 Å². The Kier molecular flexibility index (Phi) is 6.19. The Morgan fingerprint density at radius 1 is 0.686 bits per heavy atom. The number of amides is 1. The predicted molar refractivity (Wildman–Crippen MR) is 130 cm³/mol. The summed E-state index contributed by atoms with van der Waals surface area (Å²) < 4.78 is 25.1. The van der Waals surface area contributed by atoms with E-state index in [1.165, 1.54) is 0 Å². The van der Waals surface area contributed by atoms with Gasteiger partial charge in [0.05, 0.1) is 25.3 Å². The third-order valence-electron chi connectivity index (χ3n) is 6.81. The van der Waals surface area contributed by atoms with Gasteiger partial charge in [-0.05, 0) is 11.6 Å². The van der Waals surface area contributed by atoms with Gasteiger partial charge >= 0.3 is 0 Å². The summed E-state index contributed by atoms with van der Waals surface area (Å²) in [6.45, 7) is 0.725. The highest BCUT2D eigenvalue weighted by Crippen LogP contribution is 2.42. The van der Waals surface area contributed by atoms with Crippen LogP contribution in [0.5, 0.6) is 0 Å². The summed E-state index contributed by atoms with van der Waals surface area (Å²) in [7, 11) is 0. The van der Waals surface area contributed by atoms with Gasteiger partial charge < -0.3 is 23.8 Å². The van der Waals surface area contributed by atoms with Crippen LogP contribution in [0.25, 0.3) is 6.08 Å². The molecule has 0 radical (unpaired) electrons. The monoisotopic (exact) mass is 469 g/mol. The quantitative estimate of drug-likeness (QED) is 0.527. The van der Waals surface area contributed by atoms with Gasteiger partial charge in [0.25, 0.3) is 0 Å². The van der Waals surface area contributed by atoms with Crippen LogP contribution in [-0.2, 0) is 23.7 Å². The number of carbonyl (C=O) groups excluding carboxylic acids is 1. The lowest BCUT2D eigenvalue weighted by atomic mass is 10.0. The van der Waals surface area contributed by atoms with E-state index < -0.39 is 12.6 Å². The minimum Gasteiger partial charge on any atom is -0.346 e. The van der Waals surface area contributed by atoms with Gasteiger partial charge in [0, 0.05) is 17.2 Å². The zero-order valence-corrected chi connectivity index (χ0v) is 19.2. The fourth-order valence-corrected chi connectivity index (χ4v) is 5.14. The molecule has 6 nitrogen and oxygen atoms in total. The molecule has 3 aromatic carbocycles. The Morgan fingerprint density at radius 3 is 1.63 bits per heavy atom. The molecule has 3 fully saturated rings. The molecule has 3 aromatic rings. The van der Waals surface area contributed by atoms with Crippen molar-refractivity contribution in [1.82, 2.24) is 4.90 Å². The van der Waals surface area contributed by atoms with Crippen LogP contribution in [0.15, 0.2) is 97.1 Å². The molecule has 3 saturated heterocycles. The van der Waals surface area contributed by atoms with Crippen molar-refractivity contribution < 1.29 is 23.7 Å². The molecule has 0 aromatic heterocycles. The van der Waals surface area contributed by atoms with Gasteiger partial charge in [-0.25, -0.2) is 0 Å². The Balaban J connectivity index is 1.28. The number of ether oxygens (including phenoxy) is 4. The summed E-state index contributed by atoms with van der Waals surface area (Å²) in [5.74, 6) is -0.105. The van der Waals surface area contributed by atoms with Gasteiger partial charge in [-0.3, -0.25) is 4.79 Å². The summed E-state index contributed by atoms with van der Waals surface area (Å²) in [5, 5.41) is 0. The van der Waals surface area contributed by atoms with Crippen molar-refractivity contribution in [3.63, 3.8) is 0 Å². The molecule has 0 aliphatic carbocycles. The highest BCUT2D eigenvalue weighted by molar-refractivity contribution is 5.92. The second-order valence-electron chi connectivity index (χ2n) is 8.98. The standard InChI is InChI=1S/C29H27NO5/c31-25(17-16-20-10-4-1-5-11-20)30-23-18-32-28(21-12-6-2-7-13-21)34-26(23)27-24(30)19-33-29(35-27)22-14-8-3-9-15-22/h1-17,23-24,26-29H,18-19H2/b17-16+/t23-,24-,26+,27+,28+,29+/m0/s1. The first kappa shape index (κ1) is 22.2. The topological polar surface area (TPSA) is 57.2 Å². The molecule has 6 atom stereocenters. The normalized spacial score (nSPS) is 30.1. The summed E-state index contributed by atoms with van der Waals surface area (Å²) in [6.07, 6.45) is 1.77. The lowest BCUT2D eigenvalue weighted by molar-refractivity contribution is -0.278. The number of nitrogens with zero attached hydrogens (tertiary/aromatic N) is 1. The maximum Gasteiger partial charge on any atom is 0.247 e.